The number of rotatable bonds is 0. The van der Waals surface area contributed by atoms with Gasteiger partial charge in [-0.2, -0.15) is 0 Å². The Labute approximate surface area is 144 Å². The number of phenols is 1. The van der Waals surface area contributed by atoms with Gasteiger partial charge in [0.05, 0.1) is 0 Å². The van der Waals surface area contributed by atoms with Crippen LogP contribution in [0.25, 0.3) is 0 Å². The molecular weight excluding hydrogens is 324 g/mol. The zero-order chi connectivity index (χ0) is 18.1. The summed E-state index contributed by atoms with van der Waals surface area (Å²) in [5, 5.41) is 43.3. The van der Waals surface area contributed by atoms with E-state index in [0.29, 0.717) is 18.4 Å². The van der Waals surface area contributed by atoms with E-state index < -0.39 is 23.1 Å². The topological polar surface area (TPSA) is 115 Å². The standard InChI is InChI=1S/C19H20O6/c1-9-7-10-5-6-18(24)17(23)14-11(3-2-4-12(14)20)16(22)19(18,25)15(10)13(21)8-9/h2-4,9,17,20,23-25H,5-8H2,1H3/t9-,17+,18-,19+/m0/s1. The predicted molar refractivity (Wildman–Crippen MR) is 87.0 cm³/mol. The maximum Gasteiger partial charge on any atom is 0.202 e. The van der Waals surface area contributed by atoms with E-state index in [-0.39, 0.29) is 47.0 Å². The fraction of sp³-hybridized carbons (Fsp3) is 0.474. The van der Waals surface area contributed by atoms with Crippen LogP contribution in [0.1, 0.15) is 54.6 Å². The number of phenolic OH excluding ortho intramolecular Hbond substituents is 1. The van der Waals surface area contributed by atoms with Gasteiger partial charge in [0.1, 0.15) is 17.5 Å². The number of hydrogen-bond acceptors (Lipinski definition) is 6. The van der Waals surface area contributed by atoms with Gasteiger partial charge in [-0.25, -0.2) is 0 Å². The molecule has 0 radical (unpaired) electrons. The zero-order valence-corrected chi connectivity index (χ0v) is 13.8. The van der Waals surface area contributed by atoms with Gasteiger partial charge in [-0.3, -0.25) is 9.59 Å². The molecule has 4 rings (SSSR count). The van der Waals surface area contributed by atoms with E-state index in [1.54, 1.807) is 0 Å². The molecule has 0 amide bonds. The second kappa shape index (κ2) is 5.00. The highest BCUT2D eigenvalue weighted by molar-refractivity contribution is 6.16. The quantitative estimate of drug-likeness (QED) is 0.562. The molecule has 0 saturated carbocycles. The molecule has 6 nitrogen and oxygen atoms in total. The number of carbonyl (C=O) groups excluding carboxylic acids is 2. The number of aliphatic hydroxyl groups excluding tert-OH is 1. The Bertz CT molecular complexity index is 840. The Balaban J connectivity index is 2.01. The Morgan fingerprint density at radius 3 is 2.60 bits per heavy atom. The van der Waals surface area contributed by atoms with Crippen LogP contribution >= 0.6 is 0 Å². The van der Waals surface area contributed by atoms with Gasteiger partial charge >= 0.3 is 0 Å². The molecule has 25 heavy (non-hydrogen) atoms. The number of ketones is 2. The summed E-state index contributed by atoms with van der Waals surface area (Å²) in [4.78, 5) is 25.8. The van der Waals surface area contributed by atoms with Crippen LogP contribution in [0.3, 0.4) is 0 Å². The molecule has 1 aromatic carbocycles. The van der Waals surface area contributed by atoms with Gasteiger partial charge in [0.15, 0.2) is 11.4 Å². The molecule has 132 valence electrons. The summed E-state index contributed by atoms with van der Waals surface area (Å²) in [5.41, 5.74) is -4.28. The molecule has 1 aromatic rings. The second-order valence-electron chi connectivity index (χ2n) is 7.52. The van der Waals surface area contributed by atoms with Crippen molar-refractivity contribution in [3.05, 3.63) is 40.5 Å². The van der Waals surface area contributed by atoms with Crippen LogP contribution in [0.15, 0.2) is 29.3 Å². The lowest BCUT2D eigenvalue weighted by Gasteiger charge is -2.53. The first kappa shape index (κ1) is 16.4. The fourth-order valence-corrected chi connectivity index (χ4v) is 4.75. The Morgan fingerprint density at radius 1 is 1.16 bits per heavy atom. The zero-order valence-electron chi connectivity index (χ0n) is 13.8. The third-order valence-electron chi connectivity index (χ3n) is 5.94. The van der Waals surface area contributed by atoms with Gasteiger partial charge in [-0.05, 0) is 31.2 Å². The van der Waals surface area contributed by atoms with Crippen molar-refractivity contribution in [2.24, 2.45) is 5.92 Å². The number of allylic oxidation sites excluding steroid dienone is 1. The lowest BCUT2D eigenvalue weighted by Crippen LogP contribution is -2.68. The second-order valence-corrected chi connectivity index (χ2v) is 7.52. The van der Waals surface area contributed by atoms with Crippen molar-refractivity contribution in [1.29, 1.82) is 0 Å². The third-order valence-corrected chi connectivity index (χ3v) is 5.94. The number of aromatic hydroxyl groups is 1. The molecule has 0 heterocycles. The predicted octanol–water partition coefficient (Wildman–Crippen LogP) is 1.17. The number of fused-ring (bicyclic) bond motifs is 3. The summed E-state index contributed by atoms with van der Waals surface area (Å²) in [7, 11) is 0. The molecule has 3 aliphatic carbocycles. The smallest absolute Gasteiger partial charge is 0.202 e. The van der Waals surface area contributed by atoms with Crippen LogP contribution in [0.4, 0.5) is 0 Å². The Kier molecular flexibility index (Phi) is 3.29. The number of hydrogen-bond donors (Lipinski definition) is 4. The van der Waals surface area contributed by atoms with E-state index in [9.17, 15) is 30.0 Å². The van der Waals surface area contributed by atoms with Crippen LogP contribution in [-0.4, -0.2) is 43.2 Å². The minimum absolute atomic E-state index is 0.0580. The summed E-state index contributed by atoms with van der Waals surface area (Å²) in [6, 6.07) is 4.11. The summed E-state index contributed by atoms with van der Waals surface area (Å²) in [6.45, 7) is 1.93. The highest BCUT2D eigenvalue weighted by Gasteiger charge is 2.68. The van der Waals surface area contributed by atoms with Crippen molar-refractivity contribution >= 4 is 11.6 Å². The maximum atomic E-state index is 13.1. The van der Waals surface area contributed by atoms with E-state index >= 15 is 0 Å². The molecule has 6 heteroatoms. The maximum absolute atomic E-state index is 13.1. The molecule has 0 aliphatic heterocycles. The SMILES string of the molecule is C[C@@H]1CC(=O)C2=C(CC[C@]3(O)[C@H](O)c4c(O)cccc4C(=O)[C@]23O)C1. The first-order valence-corrected chi connectivity index (χ1v) is 8.47. The lowest BCUT2D eigenvalue weighted by atomic mass is 9.55. The largest absolute Gasteiger partial charge is 0.508 e. The molecule has 0 saturated heterocycles. The Morgan fingerprint density at radius 2 is 1.88 bits per heavy atom. The van der Waals surface area contributed by atoms with Crippen molar-refractivity contribution in [1.82, 2.24) is 0 Å². The summed E-state index contributed by atoms with van der Waals surface area (Å²) >= 11 is 0. The Hall–Kier alpha value is -2.02. The highest BCUT2D eigenvalue weighted by Crippen LogP contribution is 2.56. The number of benzene rings is 1. The van der Waals surface area contributed by atoms with Crippen LogP contribution in [0.5, 0.6) is 5.75 Å². The highest BCUT2D eigenvalue weighted by atomic mass is 16.4. The first-order valence-electron chi connectivity index (χ1n) is 8.47. The molecule has 0 bridgehead atoms. The van der Waals surface area contributed by atoms with Gasteiger partial charge in [-0.15, -0.1) is 0 Å². The molecule has 0 unspecified atom stereocenters. The van der Waals surface area contributed by atoms with Crippen molar-refractivity contribution in [2.75, 3.05) is 0 Å². The normalized spacial score (nSPS) is 37.4. The third kappa shape index (κ3) is 1.84. The van der Waals surface area contributed by atoms with Gasteiger partial charge in [0.2, 0.25) is 5.78 Å². The van der Waals surface area contributed by atoms with Crippen molar-refractivity contribution in [3.8, 4) is 5.75 Å². The molecule has 4 N–H and O–H groups in total. The monoisotopic (exact) mass is 344 g/mol. The van der Waals surface area contributed by atoms with Crippen LogP contribution in [0.2, 0.25) is 0 Å². The van der Waals surface area contributed by atoms with Gasteiger partial charge in [-0.1, -0.05) is 24.6 Å². The van der Waals surface area contributed by atoms with Gasteiger partial charge in [0.25, 0.3) is 0 Å². The molecular formula is C19H20O6. The van der Waals surface area contributed by atoms with Crippen LogP contribution in [0, 0.1) is 5.92 Å². The van der Waals surface area contributed by atoms with E-state index in [1.807, 2.05) is 6.92 Å². The van der Waals surface area contributed by atoms with Crippen LogP contribution < -0.4 is 0 Å². The number of carbonyl (C=O) groups is 2. The van der Waals surface area contributed by atoms with Gasteiger partial charge < -0.3 is 20.4 Å². The fourth-order valence-electron chi connectivity index (χ4n) is 4.75. The van der Waals surface area contributed by atoms with E-state index in [4.69, 9.17) is 0 Å². The minimum Gasteiger partial charge on any atom is -0.508 e. The molecule has 0 spiro atoms. The average Bonchev–Trinajstić information content (AvgIpc) is 2.55. The van der Waals surface area contributed by atoms with E-state index in [0.717, 1.165) is 0 Å². The first-order chi connectivity index (χ1) is 11.7. The molecule has 4 atom stereocenters. The lowest BCUT2D eigenvalue weighted by molar-refractivity contribution is -0.184. The minimum atomic E-state index is -2.49. The summed E-state index contributed by atoms with van der Waals surface area (Å²) in [6.07, 6.45) is -0.656. The number of Topliss-reactive ketones (excluding diaryl/α,β-unsaturated/α-hetero) is 2. The van der Waals surface area contributed by atoms with Crippen molar-refractivity contribution in [3.63, 3.8) is 0 Å². The van der Waals surface area contributed by atoms with Gasteiger partial charge in [0, 0.05) is 23.1 Å². The van der Waals surface area contributed by atoms with E-state index in [1.165, 1.54) is 18.2 Å². The number of aliphatic hydroxyl groups is 3. The molecule has 3 aliphatic rings. The van der Waals surface area contributed by atoms with Crippen molar-refractivity contribution in [2.45, 2.75) is 49.9 Å². The summed E-state index contributed by atoms with van der Waals surface area (Å²) < 4.78 is 0. The molecule has 0 fully saturated rings. The summed E-state index contributed by atoms with van der Waals surface area (Å²) in [5.74, 6) is -1.42. The average molecular weight is 344 g/mol. The molecule has 0 aromatic heterocycles. The van der Waals surface area contributed by atoms with E-state index in [2.05, 4.69) is 0 Å². The van der Waals surface area contributed by atoms with Crippen LogP contribution in [-0.2, 0) is 4.79 Å². The van der Waals surface area contributed by atoms with Crippen molar-refractivity contribution < 1.29 is 30.0 Å².